The van der Waals surface area contributed by atoms with Crippen molar-refractivity contribution in [2.75, 3.05) is 0 Å². The monoisotopic (exact) mass is 812 g/mol. The molecule has 0 saturated carbocycles. The first-order valence-corrected chi connectivity index (χ1v) is 21.1. The molecule has 10 rings (SSSR count). The number of aromatic nitrogens is 8. The van der Waals surface area contributed by atoms with Crippen LogP contribution in [0, 0.1) is 0 Å². The van der Waals surface area contributed by atoms with Gasteiger partial charge in [-0.3, -0.25) is 4.79 Å². The number of aldehydes is 1. The normalized spacial score (nSPS) is 12.9. The van der Waals surface area contributed by atoms with E-state index < -0.39 is 0 Å². The summed E-state index contributed by atoms with van der Waals surface area (Å²) in [6, 6.07) is 33.3. The largest absolute Gasteiger partial charge is 0.324 e. The van der Waals surface area contributed by atoms with Gasteiger partial charge in [0.25, 0.3) is 0 Å². The quantitative estimate of drug-likeness (QED) is 0.134. The van der Waals surface area contributed by atoms with Gasteiger partial charge in [-0.2, -0.15) is 0 Å². The van der Waals surface area contributed by atoms with E-state index in [1.54, 1.807) is 0 Å². The second-order valence-electron chi connectivity index (χ2n) is 19.6. The molecule has 0 saturated heterocycles. The molecule has 0 unspecified atom stereocenters. The Hall–Kier alpha value is -7.13. The molecule has 62 heavy (non-hydrogen) atoms. The van der Waals surface area contributed by atoms with Gasteiger partial charge in [0.2, 0.25) is 0 Å². The fraction of sp³-hybridized carbons (Fsp3) is 0.226. The van der Waals surface area contributed by atoms with Crippen LogP contribution in [0.4, 0.5) is 0 Å². The Labute approximate surface area is 360 Å². The number of hydrogen-bond acceptors (Lipinski definition) is 7. The van der Waals surface area contributed by atoms with Crippen LogP contribution in [0.1, 0.15) is 100 Å². The van der Waals surface area contributed by atoms with E-state index in [1.165, 1.54) is 16.7 Å². The summed E-state index contributed by atoms with van der Waals surface area (Å²) in [4.78, 5) is 50.1. The molecule has 5 heterocycles. The fourth-order valence-corrected chi connectivity index (χ4v) is 8.19. The lowest BCUT2D eigenvalue weighted by atomic mass is 9.85. The molecule has 9 heteroatoms. The van der Waals surface area contributed by atoms with Crippen molar-refractivity contribution < 1.29 is 4.79 Å². The molecule has 0 amide bonds. The lowest BCUT2D eigenvalue weighted by Crippen LogP contribution is -2.10. The Morgan fingerprint density at radius 3 is 1.23 bits per heavy atom. The number of hydrogen-bond donors (Lipinski definition) is 2. The van der Waals surface area contributed by atoms with Crippen LogP contribution in [0.5, 0.6) is 0 Å². The van der Waals surface area contributed by atoms with Crippen molar-refractivity contribution in [3.05, 3.63) is 130 Å². The maximum atomic E-state index is 11.3. The van der Waals surface area contributed by atoms with Crippen LogP contribution < -0.4 is 0 Å². The van der Waals surface area contributed by atoms with E-state index in [1.807, 2.05) is 30.3 Å². The number of carbonyl (C=O) groups excluding carboxylic acids is 1. The van der Waals surface area contributed by atoms with Gasteiger partial charge in [-0.25, -0.2) is 29.9 Å². The fourth-order valence-electron chi connectivity index (χ4n) is 8.19. The molecule has 2 aliphatic rings. The Kier molecular flexibility index (Phi) is 8.79. The number of benzene rings is 5. The third kappa shape index (κ3) is 6.87. The number of aromatic amines is 2. The van der Waals surface area contributed by atoms with E-state index in [0.717, 1.165) is 61.2 Å². The molecule has 2 N–H and O–H groups in total. The first-order chi connectivity index (χ1) is 29.5. The highest BCUT2D eigenvalue weighted by Gasteiger charge is 2.26. The molecule has 0 spiro atoms. The lowest BCUT2D eigenvalue weighted by Gasteiger charge is -2.19. The zero-order valence-electron chi connectivity index (χ0n) is 36.6. The smallest absolute Gasteiger partial charge is 0.164 e. The van der Waals surface area contributed by atoms with Gasteiger partial charge in [0.05, 0.1) is 0 Å². The number of nitrogens with one attached hydrogen (secondary N) is 2. The summed E-state index contributed by atoms with van der Waals surface area (Å²) in [7, 11) is 0. The average molecular weight is 813 g/mol. The molecular weight excluding hydrogens is 765 g/mol. The molecule has 5 aromatic carbocycles. The highest BCUT2D eigenvalue weighted by molar-refractivity contribution is 6.07. The third-order valence-corrected chi connectivity index (χ3v) is 12.0. The van der Waals surface area contributed by atoms with Gasteiger partial charge in [-0.15, -0.1) is 0 Å². The number of H-pyrrole nitrogens is 2. The van der Waals surface area contributed by atoms with E-state index in [-0.39, 0.29) is 16.2 Å². The third-order valence-electron chi connectivity index (χ3n) is 12.0. The second-order valence-corrected chi connectivity index (χ2v) is 19.6. The standard InChI is InChI=1S/C53H48N8O/c1-51(2,3)32-17-21-36-40(25-32)49-57-44(36)55-47-39-24-30(13-10-29-11-14-31(28-62)15-12-29)16-20-35(39)43(54-47)56-48-41-26-33(52(4,5)6)18-22-37(41)45(58-48)60-50-42-27-34(53(7,8)9)19-23-38(42)46(59-49)61-50/h10-28H,1-9H3,(H2,54,55,56,57,58,59,60,61)/b13-10+. The van der Waals surface area contributed by atoms with Crippen LogP contribution in [0.2, 0.25) is 0 Å². The van der Waals surface area contributed by atoms with Crippen molar-refractivity contribution in [3.8, 4) is 45.6 Å². The van der Waals surface area contributed by atoms with Crippen LogP contribution in [0.25, 0.3) is 102 Å². The summed E-state index contributed by atoms with van der Waals surface area (Å²) < 4.78 is 0. The summed E-state index contributed by atoms with van der Waals surface area (Å²) in [6.07, 6.45) is 4.95. The Balaban J connectivity index is 1.31. The first kappa shape index (κ1) is 39.0. The van der Waals surface area contributed by atoms with Crippen LogP contribution in [0.3, 0.4) is 0 Å². The summed E-state index contributed by atoms with van der Waals surface area (Å²) in [6.45, 7) is 19.9. The zero-order valence-corrected chi connectivity index (χ0v) is 36.6. The zero-order chi connectivity index (χ0) is 43.3. The Bertz CT molecular complexity index is 3350. The molecule has 0 atom stereocenters. The van der Waals surface area contributed by atoms with Gasteiger partial charge in [0.15, 0.2) is 23.3 Å². The highest BCUT2D eigenvalue weighted by Crippen LogP contribution is 2.41. The number of nitrogens with zero attached hydrogens (tertiary/aromatic N) is 6. The van der Waals surface area contributed by atoms with Crippen LogP contribution in [-0.4, -0.2) is 46.2 Å². The minimum atomic E-state index is -0.0992. The SMILES string of the molecule is CC(C)(C)c1ccc2c(c1)-c1nc-2nc2[nH]c(nc3nc(nc4[nH]c(n1)c1ccc(/C=C/c5ccc(C=O)cc5)cc41)-c1ccc(C(C)(C)C)cc1-3)c1ccc(C(C)(C)C)cc21. The average Bonchev–Trinajstić information content (AvgIpc) is 3.96. The van der Waals surface area contributed by atoms with Crippen molar-refractivity contribution in [3.63, 3.8) is 0 Å². The minimum absolute atomic E-state index is 0.0855. The van der Waals surface area contributed by atoms with E-state index in [4.69, 9.17) is 29.9 Å². The van der Waals surface area contributed by atoms with E-state index >= 15 is 0 Å². The molecule has 9 nitrogen and oxygen atoms in total. The summed E-state index contributed by atoms with van der Waals surface area (Å²) in [5, 5.41) is 3.68. The van der Waals surface area contributed by atoms with E-state index in [0.29, 0.717) is 51.4 Å². The van der Waals surface area contributed by atoms with Crippen molar-refractivity contribution in [2.45, 2.75) is 78.6 Å². The number of fused-ring (bicyclic) bond motifs is 20. The van der Waals surface area contributed by atoms with E-state index in [2.05, 4.69) is 151 Å². The second kappa shape index (κ2) is 14.0. The Morgan fingerprint density at radius 1 is 0.371 bits per heavy atom. The van der Waals surface area contributed by atoms with Crippen molar-refractivity contribution >= 4 is 62.6 Å². The molecule has 0 radical (unpaired) electrons. The van der Waals surface area contributed by atoms with Gasteiger partial charge < -0.3 is 9.97 Å². The molecule has 8 bridgehead atoms. The van der Waals surface area contributed by atoms with Gasteiger partial charge >= 0.3 is 0 Å². The molecule has 0 aliphatic carbocycles. The van der Waals surface area contributed by atoms with E-state index in [9.17, 15) is 4.79 Å². The van der Waals surface area contributed by atoms with Gasteiger partial charge in [-0.05, 0) is 74.4 Å². The molecular formula is C53H48N8O. The molecule has 306 valence electrons. The Morgan fingerprint density at radius 2 is 0.742 bits per heavy atom. The maximum absolute atomic E-state index is 11.3. The predicted octanol–water partition coefficient (Wildman–Crippen LogP) is 12.7. The molecule has 2 aliphatic heterocycles. The van der Waals surface area contributed by atoms with Gasteiger partial charge in [0, 0.05) is 49.4 Å². The van der Waals surface area contributed by atoms with Crippen molar-refractivity contribution in [2.24, 2.45) is 0 Å². The van der Waals surface area contributed by atoms with Gasteiger partial charge in [0.1, 0.15) is 28.9 Å². The van der Waals surface area contributed by atoms with Crippen LogP contribution >= 0.6 is 0 Å². The number of rotatable bonds is 3. The van der Waals surface area contributed by atoms with Crippen molar-refractivity contribution in [1.82, 2.24) is 39.9 Å². The molecule has 0 fully saturated rings. The topological polar surface area (TPSA) is 126 Å². The maximum Gasteiger partial charge on any atom is 0.164 e. The summed E-state index contributed by atoms with van der Waals surface area (Å²) in [5.74, 6) is 2.28. The predicted molar refractivity (Wildman–Crippen MR) is 253 cm³/mol. The molecule has 3 aromatic heterocycles. The highest BCUT2D eigenvalue weighted by atomic mass is 16.1. The van der Waals surface area contributed by atoms with Crippen LogP contribution in [-0.2, 0) is 16.2 Å². The van der Waals surface area contributed by atoms with Gasteiger partial charge in [-0.1, -0.05) is 141 Å². The lowest BCUT2D eigenvalue weighted by molar-refractivity contribution is 0.112. The number of carbonyl (C=O) groups is 1. The summed E-state index contributed by atoms with van der Waals surface area (Å²) >= 11 is 0. The first-order valence-electron chi connectivity index (χ1n) is 21.1. The van der Waals surface area contributed by atoms with Crippen molar-refractivity contribution in [1.29, 1.82) is 0 Å². The minimum Gasteiger partial charge on any atom is -0.324 e. The van der Waals surface area contributed by atoms with Crippen LogP contribution in [0.15, 0.2) is 97.1 Å². The molecule has 8 aromatic rings. The summed E-state index contributed by atoms with van der Waals surface area (Å²) in [5.41, 5.74) is 12.1.